The highest BCUT2D eigenvalue weighted by Gasteiger charge is 2.28. The minimum Gasteiger partial charge on any atom is -0.497 e. The van der Waals surface area contributed by atoms with Crippen LogP contribution < -0.4 is 14.2 Å². The summed E-state index contributed by atoms with van der Waals surface area (Å²) >= 11 is 12.8. The van der Waals surface area contributed by atoms with E-state index in [4.69, 9.17) is 37.4 Å². The Bertz CT molecular complexity index is 1160. The molecule has 33 heavy (non-hydrogen) atoms. The van der Waals surface area contributed by atoms with E-state index < -0.39 is 0 Å². The molecule has 4 rings (SSSR count). The highest BCUT2D eigenvalue weighted by atomic mass is 35.5. The summed E-state index contributed by atoms with van der Waals surface area (Å²) in [5.41, 5.74) is 1.99. The molecule has 1 saturated heterocycles. The molecule has 0 unspecified atom stereocenters. The van der Waals surface area contributed by atoms with Crippen LogP contribution in [0.2, 0.25) is 10.0 Å². The molecule has 7 nitrogen and oxygen atoms in total. The number of aromatic nitrogens is 2. The molecule has 174 valence electrons. The Morgan fingerprint density at radius 2 is 1.73 bits per heavy atom. The maximum absolute atomic E-state index is 13.1. The van der Waals surface area contributed by atoms with Crippen LogP contribution in [-0.4, -0.2) is 40.8 Å². The van der Waals surface area contributed by atoms with Gasteiger partial charge in [0.05, 0.1) is 22.8 Å². The minimum absolute atomic E-state index is 0.0887. The minimum atomic E-state index is -0.0887. The Morgan fingerprint density at radius 3 is 2.39 bits per heavy atom. The summed E-state index contributed by atoms with van der Waals surface area (Å²) in [5.74, 6) is 1.75. The van der Waals surface area contributed by atoms with Gasteiger partial charge in [0.15, 0.2) is 5.75 Å². The normalized spacial score (nSPS) is 13.3. The van der Waals surface area contributed by atoms with Crippen LogP contribution in [0.5, 0.6) is 23.1 Å². The van der Waals surface area contributed by atoms with Crippen molar-refractivity contribution in [3.63, 3.8) is 0 Å². The molecule has 0 saturated carbocycles. The number of hydrogen-bond donors (Lipinski definition) is 0. The molecule has 2 aromatic carbocycles. The van der Waals surface area contributed by atoms with Gasteiger partial charge in [0, 0.05) is 26.2 Å². The van der Waals surface area contributed by atoms with Crippen molar-refractivity contribution in [3.8, 4) is 23.1 Å². The van der Waals surface area contributed by atoms with E-state index >= 15 is 0 Å². The molecule has 1 fully saturated rings. The molecule has 1 aliphatic rings. The Balaban J connectivity index is 1.58. The number of methoxy groups -OCH3 is 1. The van der Waals surface area contributed by atoms with Crippen molar-refractivity contribution in [2.45, 2.75) is 26.4 Å². The van der Waals surface area contributed by atoms with Crippen LogP contribution in [0, 0.1) is 6.92 Å². The molecular weight excluding hydrogens is 465 g/mol. The quantitative estimate of drug-likeness (QED) is 0.428. The van der Waals surface area contributed by atoms with Gasteiger partial charge in [-0.2, -0.15) is 5.10 Å². The monoisotopic (exact) mass is 489 g/mol. The number of carbonyl (C=O) groups excluding carboxylic acids is 1. The van der Waals surface area contributed by atoms with Gasteiger partial charge in [-0.1, -0.05) is 35.3 Å². The molecule has 0 atom stereocenters. The first kappa shape index (κ1) is 23.3. The fourth-order valence-electron chi connectivity index (χ4n) is 3.76. The standard InChI is InChI=1S/C24H25Cl2N3O4/c1-15-22(23(30)29-10-4-5-11-29)24(28(2)27-15)33-21-13-20(18(25)12-19(21)26)32-14-16-6-8-17(31-3)9-7-16/h6-9,12-13H,4-5,10-11,14H2,1-3H3. The third-order valence-corrected chi connectivity index (χ3v) is 6.11. The summed E-state index contributed by atoms with van der Waals surface area (Å²) in [4.78, 5) is 14.9. The summed E-state index contributed by atoms with van der Waals surface area (Å²) in [6, 6.07) is 10.7. The van der Waals surface area contributed by atoms with Crippen LogP contribution in [0.1, 0.15) is 34.5 Å². The molecule has 1 amide bonds. The topological polar surface area (TPSA) is 65.8 Å². The fourth-order valence-corrected chi connectivity index (χ4v) is 4.24. The number of benzene rings is 2. The number of aryl methyl sites for hydroxylation is 2. The molecular formula is C24H25Cl2N3O4. The van der Waals surface area contributed by atoms with E-state index in [9.17, 15) is 4.79 Å². The van der Waals surface area contributed by atoms with Gasteiger partial charge in [0.1, 0.15) is 23.7 Å². The van der Waals surface area contributed by atoms with Gasteiger partial charge in [0.25, 0.3) is 5.91 Å². The van der Waals surface area contributed by atoms with E-state index in [1.165, 1.54) is 0 Å². The fraction of sp³-hybridized carbons (Fsp3) is 0.333. The number of ether oxygens (including phenoxy) is 3. The van der Waals surface area contributed by atoms with Crippen LogP contribution >= 0.6 is 23.2 Å². The van der Waals surface area contributed by atoms with Gasteiger partial charge < -0.3 is 19.1 Å². The van der Waals surface area contributed by atoms with Gasteiger partial charge in [-0.3, -0.25) is 4.79 Å². The van der Waals surface area contributed by atoms with Crippen LogP contribution in [0.4, 0.5) is 0 Å². The third kappa shape index (κ3) is 5.04. The molecule has 0 bridgehead atoms. The number of halogens is 2. The van der Waals surface area contributed by atoms with Crippen molar-refractivity contribution in [2.75, 3.05) is 20.2 Å². The zero-order chi connectivity index (χ0) is 23.5. The van der Waals surface area contributed by atoms with Gasteiger partial charge in [-0.15, -0.1) is 0 Å². The number of carbonyl (C=O) groups is 1. The first-order chi connectivity index (χ1) is 15.9. The molecule has 1 aromatic heterocycles. The number of nitrogens with zero attached hydrogens (tertiary/aromatic N) is 3. The molecule has 2 heterocycles. The van der Waals surface area contributed by atoms with E-state index in [0.29, 0.717) is 45.3 Å². The first-order valence-corrected chi connectivity index (χ1v) is 11.4. The Morgan fingerprint density at radius 1 is 1.06 bits per heavy atom. The lowest BCUT2D eigenvalue weighted by Gasteiger charge is -2.17. The van der Waals surface area contributed by atoms with Crippen molar-refractivity contribution in [1.82, 2.24) is 14.7 Å². The smallest absolute Gasteiger partial charge is 0.261 e. The maximum atomic E-state index is 13.1. The molecule has 0 spiro atoms. The van der Waals surface area contributed by atoms with E-state index in [1.54, 1.807) is 37.9 Å². The maximum Gasteiger partial charge on any atom is 0.261 e. The average Bonchev–Trinajstić information content (AvgIpc) is 3.43. The molecule has 0 N–H and O–H groups in total. The largest absolute Gasteiger partial charge is 0.497 e. The summed E-state index contributed by atoms with van der Waals surface area (Å²) in [5, 5.41) is 5.05. The lowest BCUT2D eigenvalue weighted by atomic mass is 10.2. The number of amides is 1. The summed E-state index contributed by atoms with van der Waals surface area (Å²) in [7, 11) is 3.35. The molecule has 3 aromatic rings. The lowest BCUT2D eigenvalue weighted by Crippen LogP contribution is -2.28. The van der Waals surface area contributed by atoms with Crippen molar-refractivity contribution in [3.05, 3.63) is 63.3 Å². The zero-order valence-electron chi connectivity index (χ0n) is 18.7. The Hall–Kier alpha value is -2.90. The summed E-state index contributed by atoms with van der Waals surface area (Å²) in [6.07, 6.45) is 2.00. The van der Waals surface area contributed by atoms with Crippen LogP contribution in [0.15, 0.2) is 36.4 Å². The lowest BCUT2D eigenvalue weighted by molar-refractivity contribution is 0.0789. The molecule has 9 heteroatoms. The predicted molar refractivity (Wildman–Crippen MR) is 127 cm³/mol. The Kier molecular flexibility index (Phi) is 7.00. The number of hydrogen-bond acceptors (Lipinski definition) is 5. The zero-order valence-corrected chi connectivity index (χ0v) is 20.2. The predicted octanol–water partition coefficient (Wildman–Crippen LogP) is 5.65. The Labute approximate surface area is 202 Å². The van der Waals surface area contributed by atoms with Gasteiger partial charge in [0.2, 0.25) is 5.88 Å². The SMILES string of the molecule is COc1ccc(COc2cc(Oc3c(C(=O)N4CCCC4)c(C)nn3C)c(Cl)cc2Cl)cc1. The second kappa shape index (κ2) is 9.93. The summed E-state index contributed by atoms with van der Waals surface area (Å²) < 4.78 is 18.8. The van der Waals surface area contributed by atoms with E-state index in [0.717, 1.165) is 37.2 Å². The molecule has 0 radical (unpaired) electrons. The second-order valence-corrected chi connectivity index (χ2v) is 8.65. The number of rotatable bonds is 7. The van der Waals surface area contributed by atoms with Crippen molar-refractivity contribution in [1.29, 1.82) is 0 Å². The molecule has 1 aliphatic heterocycles. The first-order valence-electron chi connectivity index (χ1n) is 10.6. The summed E-state index contributed by atoms with van der Waals surface area (Å²) in [6.45, 7) is 3.56. The third-order valence-electron chi connectivity index (χ3n) is 5.52. The van der Waals surface area contributed by atoms with Crippen molar-refractivity contribution >= 4 is 29.1 Å². The van der Waals surface area contributed by atoms with Gasteiger partial charge in [-0.25, -0.2) is 4.68 Å². The van der Waals surface area contributed by atoms with E-state index in [1.807, 2.05) is 29.2 Å². The van der Waals surface area contributed by atoms with Crippen LogP contribution in [0.3, 0.4) is 0 Å². The second-order valence-electron chi connectivity index (χ2n) is 7.84. The van der Waals surface area contributed by atoms with E-state index in [-0.39, 0.29) is 5.91 Å². The van der Waals surface area contributed by atoms with Crippen molar-refractivity contribution < 1.29 is 19.0 Å². The van der Waals surface area contributed by atoms with Gasteiger partial charge in [-0.05, 0) is 43.5 Å². The number of likely N-dealkylation sites (tertiary alicyclic amines) is 1. The van der Waals surface area contributed by atoms with Crippen molar-refractivity contribution in [2.24, 2.45) is 7.05 Å². The van der Waals surface area contributed by atoms with Gasteiger partial charge >= 0.3 is 0 Å². The molecule has 0 aliphatic carbocycles. The highest BCUT2D eigenvalue weighted by molar-refractivity contribution is 6.36. The van der Waals surface area contributed by atoms with Crippen LogP contribution in [-0.2, 0) is 13.7 Å². The van der Waals surface area contributed by atoms with E-state index in [2.05, 4.69) is 5.10 Å². The van der Waals surface area contributed by atoms with Crippen LogP contribution in [0.25, 0.3) is 0 Å². The average molecular weight is 490 g/mol. The highest BCUT2D eigenvalue weighted by Crippen LogP contribution is 2.39.